The molecular weight excluding hydrogens is 805 g/mol. The van der Waals surface area contributed by atoms with E-state index in [0.717, 1.165) is 83.5 Å². The van der Waals surface area contributed by atoms with Gasteiger partial charge < -0.3 is 14.2 Å². The highest BCUT2D eigenvalue weighted by Gasteiger charge is 2.19. The highest BCUT2D eigenvalue weighted by Crippen LogP contribution is 2.16. The largest absolute Gasteiger partial charge is 0.462 e. The second-order valence-electron chi connectivity index (χ2n) is 18.5. The maximum absolute atomic E-state index is 12.8. The average Bonchev–Trinajstić information content (AvgIpc) is 3.30. The first kappa shape index (κ1) is 62.1. The third-order valence-corrected chi connectivity index (χ3v) is 12.0. The predicted octanol–water partition coefficient (Wildman–Crippen LogP) is 18.4. The molecule has 0 aromatic carbocycles. The maximum atomic E-state index is 12.8. The molecule has 0 spiro atoms. The molecular formula is C59H104O6. The Bertz CT molecular complexity index is 1180. The van der Waals surface area contributed by atoms with Gasteiger partial charge >= 0.3 is 17.9 Å². The van der Waals surface area contributed by atoms with E-state index in [1.54, 1.807) is 0 Å². The van der Waals surface area contributed by atoms with Gasteiger partial charge in [-0.3, -0.25) is 14.4 Å². The number of esters is 3. The topological polar surface area (TPSA) is 78.9 Å². The number of hydrogen-bond donors (Lipinski definition) is 0. The van der Waals surface area contributed by atoms with Crippen LogP contribution in [-0.4, -0.2) is 37.2 Å². The van der Waals surface area contributed by atoms with Crippen molar-refractivity contribution in [1.29, 1.82) is 0 Å². The van der Waals surface area contributed by atoms with Crippen LogP contribution in [0.1, 0.15) is 278 Å². The van der Waals surface area contributed by atoms with Crippen LogP contribution in [0.15, 0.2) is 60.8 Å². The Hall–Kier alpha value is -2.89. The smallest absolute Gasteiger partial charge is 0.306 e. The Morgan fingerprint density at radius 1 is 0.338 bits per heavy atom. The molecule has 0 aliphatic rings. The highest BCUT2D eigenvalue weighted by atomic mass is 16.6. The van der Waals surface area contributed by atoms with E-state index in [-0.39, 0.29) is 31.1 Å². The molecule has 65 heavy (non-hydrogen) atoms. The van der Waals surface area contributed by atoms with Crippen molar-refractivity contribution in [2.75, 3.05) is 13.2 Å². The lowest BCUT2D eigenvalue weighted by Crippen LogP contribution is -2.30. The van der Waals surface area contributed by atoms with E-state index in [9.17, 15) is 14.4 Å². The van der Waals surface area contributed by atoms with Gasteiger partial charge in [-0.05, 0) is 77.0 Å². The minimum Gasteiger partial charge on any atom is -0.462 e. The van der Waals surface area contributed by atoms with Crippen molar-refractivity contribution in [2.24, 2.45) is 0 Å². The van der Waals surface area contributed by atoms with Crippen molar-refractivity contribution in [3.05, 3.63) is 60.8 Å². The fourth-order valence-electron chi connectivity index (χ4n) is 7.86. The van der Waals surface area contributed by atoms with Gasteiger partial charge in [0.15, 0.2) is 6.10 Å². The van der Waals surface area contributed by atoms with E-state index in [4.69, 9.17) is 14.2 Å². The molecule has 0 saturated heterocycles. The maximum Gasteiger partial charge on any atom is 0.306 e. The van der Waals surface area contributed by atoms with E-state index >= 15 is 0 Å². The first-order valence-electron chi connectivity index (χ1n) is 27.8. The molecule has 376 valence electrons. The van der Waals surface area contributed by atoms with Gasteiger partial charge in [-0.1, -0.05) is 242 Å². The monoisotopic (exact) mass is 909 g/mol. The van der Waals surface area contributed by atoms with Crippen LogP contribution in [0.4, 0.5) is 0 Å². The van der Waals surface area contributed by atoms with E-state index in [1.807, 2.05) is 0 Å². The lowest BCUT2D eigenvalue weighted by Gasteiger charge is -2.18. The zero-order valence-electron chi connectivity index (χ0n) is 43.0. The van der Waals surface area contributed by atoms with Crippen LogP contribution < -0.4 is 0 Å². The second-order valence-corrected chi connectivity index (χ2v) is 18.5. The Balaban J connectivity index is 4.36. The molecule has 1 unspecified atom stereocenters. The summed E-state index contributed by atoms with van der Waals surface area (Å²) >= 11 is 0. The van der Waals surface area contributed by atoms with Gasteiger partial charge in [0, 0.05) is 19.3 Å². The normalized spacial score (nSPS) is 12.5. The SMILES string of the molecule is CC/C=C\C/C=C\C/C=C\CCCCCCCCCCCC(=O)OCC(COC(=O)CCCCCCCCCCCCCCC)OC(=O)CCCCCCCC/C=C\C=C/CCCCC. The quantitative estimate of drug-likeness (QED) is 0.0199. The van der Waals surface area contributed by atoms with Crippen molar-refractivity contribution in [2.45, 2.75) is 284 Å². The van der Waals surface area contributed by atoms with Crippen LogP contribution in [0, 0.1) is 0 Å². The molecule has 0 fully saturated rings. The molecule has 0 aromatic rings. The van der Waals surface area contributed by atoms with Crippen LogP contribution in [0.5, 0.6) is 0 Å². The molecule has 0 aromatic heterocycles. The molecule has 0 N–H and O–H groups in total. The van der Waals surface area contributed by atoms with Crippen molar-refractivity contribution in [3.8, 4) is 0 Å². The number of rotatable bonds is 50. The zero-order chi connectivity index (χ0) is 47.2. The van der Waals surface area contributed by atoms with Crippen LogP contribution in [0.25, 0.3) is 0 Å². The van der Waals surface area contributed by atoms with Gasteiger partial charge in [-0.15, -0.1) is 0 Å². The molecule has 0 rings (SSSR count). The van der Waals surface area contributed by atoms with Gasteiger partial charge in [-0.25, -0.2) is 0 Å². The summed E-state index contributed by atoms with van der Waals surface area (Å²) in [6.45, 7) is 6.51. The van der Waals surface area contributed by atoms with Crippen molar-refractivity contribution >= 4 is 17.9 Å². The molecule has 0 saturated carbocycles. The van der Waals surface area contributed by atoms with Gasteiger partial charge in [0.25, 0.3) is 0 Å². The molecule has 0 heterocycles. The van der Waals surface area contributed by atoms with E-state index in [0.29, 0.717) is 19.3 Å². The lowest BCUT2D eigenvalue weighted by molar-refractivity contribution is -0.167. The number of allylic oxidation sites excluding steroid dienone is 10. The van der Waals surface area contributed by atoms with E-state index in [1.165, 1.54) is 154 Å². The van der Waals surface area contributed by atoms with Gasteiger partial charge in [0.05, 0.1) is 0 Å². The molecule has 0 amide bonds. The third kappa shape index (κ3) is 51.9. The molecule has 0 radical (unpaired) electrons. The van der Waals surface area contributed by atoms with Crippen LogP contribution >= 0.6 is 0 Å². The van der Waals surface area contributed by atoms with Gasteiger partial charge in [-0.2, -0.15) is 0 Å². The van der Waals surface area contributed by atoms with Crippen LogP contribution in [0.3, 0.4) is 0 Å². The Kier molecular flexibility index (Phi) is 51.3. The van der Waals surface area contributed by atoms with Gasteiger partial charge in [0.1, 0.15) is 13.2 Å². The number of ether oxygens (including phenoxy) is 3. The molecule has 1 atom stereocenters. The summed E-state index contributed by atoms with van der Waals surface area (Å²) in [6, 6.07) is 0. The number of hydrogen-bond acceptors (Lipinski definition) is 6. The molecule has 0 aliphatic heterocycles. The highest BCUT2D eigenvalue weighted by molar-refractivity contribution is 5.71. The summed E-state index contributed by atoms with van der Waals surface area (Å²) in [5.41, 5.74) is 0. The summed E-state index contributed by atoms with van der Waals surface area (Å²) < 4.78 is 16.8. The second kappa shape index (κ2) is 53.7. The molecule has 6 heteroatoms. The Morgan fingerprint density at radius 3 is 1.06 bits per heavy atom. The summed E-state index contributed by atoms with van der Waals surface area (Å²) in [6.07, 6.45) is 66.3. The Labute approximate surface area is 402 Å². The van der Waals surface area contributed by atoms with Crippen LogP contribution in [0.2, 0.25) is 0 Å². The fourth-order valence-corrected chi connectivity index (χ4v) is 7.86. The summed E-state index contributed by atoms with van der Waals surface area (Å²) in [5, 5.41) is 0. The minimum atomic E-state index is -0.780. The van der Waals surface area contributed by atoms with Crippen molar-refractivity contribution in [3.63, 3.8) is 0 Å². The summed E-state index contributed by atoms with van der Waals surface area (Å²) in [5.74, 6) is -0.886. The third-order valence-electron chi connectivity index (χ3n) is 12.0. The molecule has 0 aliphatic carbocycles. The van der Waals surface area contributed by atoms with E-state index in [2.05, 4.69) is 81.5 Å². The van der Waals surface area contributed by atoms with Crippen LogP contribution in [-0.2, 0) is 28.6 Å². The standard InChI is InChI=1S/C59H104O6/c1-4-7-10-13-16-19-22-25-27-28-29-30-32-34-37-40-43-46-49-52-58(61)64-55-56(54-63-57(60)51-48-45-42-39-36-33-24-21-18-15-12-9-6-3)65-59(62)53-50-47-44-41-38-35-31-26-23-20-17-14-11-8-5-2/h7,10,16-17,19-20,23,25-27,56H,4-6,8-9,11-15,18,21-22,24,28-55H2,1-3H3/b10-7-,19-16-,20-17-,26-23-,27-25-. The summed E-state index contributed by atoms with van der Waals surface area (Å²) in [7, 11) is 0. The number of carbonyl (C=O) groups is 3. The fraction of sp³-hybridized carbons (Fsp3) is 0.780. The number of unbranched alkanes of at least 4 members (excludes halogenated alkanes) is 30. The predicted molar refractivity (Wildman–Crippen MR) is 279 cm³/mol. The zero-order valence-corrected chi connectivity index (χ0v) is 43.0. The molecule has 6 nitrogen and oxygen atoms in total. The lowest BCUT2D eigenvalue weighted by atomic mass is 10.0. The minimum absolute atomic E-state index is 0.0783. The Morgan fingerprint density at radius 2 is 0.646 bits per heavy atom. The van der Waals surface area contributed by atoms with Crippen molar-refractivity contribution in [1.82, 2.24) is 0 Å². The van der Waals surface area contributed by atoms with Crippen molar-refractivity contribution < 1.29 is 28.6 Å². The number of carbonyl (C=O) groups excluding carboxylic acids is 3. The first-order valence-corrected chi connectivity index (χ1v) is 27.8. The van der Waals surface area contributed by atoms with E-state index < -0.39 is 6.10 Å². The van der Waals surface area contributed by atoms with Gasteiger partial charge in [0.2, 0.25) is 0 Å². The average molecular weight is 909 g/mol. The first-order chi connectivity index (χ1) is 32.0. The summed E-state index contributed by atoms with van der Waals surface area (Å²) in [4.78, 5) is 38.1. The molecule has 0 bridgehead atoms.